The molecule has 1 fully saturated rings. The van der Waals surface area contributed by atoms with E-state index in [0.29, 0.717) is 6.04 Å². The first-order valence-electron chi connectivity index (χ1n) is 6.42. The highest BCUT2D eigenvalue weighted by Crippen LogP contribution is 2.26. The highest BCUT2D eigenvalue weighted by Gasteiger charge is 2.15. The zero-order valence-electron chi connectivity index (χ0n) is 10.2. The van der Waals surface area contributed by atoms with E-state index in [1.165, 1.54) is 29.5 Å². The summed E-state index contributed by atoms with van der Waals surface area (Å²) in [5.74, 6) is 0. The first kappa shape index (κ1) is 11.8. The molecular weight excluding hydrogens is 242 g/mol. The van der Waals surface area contributed by atoms with Crippen molar-refractivity contribution in [2.45, 2.75) is 18.9 Å². The quantitative estimate of drug-likeness (QED) is 0.839. The van der Waals surface area contributed by atoms with E-state index in [9.17, 15) is 0 Å². The van der Waals surface area contributed by atoms with Gasteiger partial charge in [-0.3, -0.25) is 0 Å². The Hall–Kier alpha value is -1.31. The molecule has 2 heteroatoms. The standard InChI is InChI=1S/C16H16ClN/c17-15-9-7-13(8-10-15)12-3-5-14(6-4-12)16-2-1-11-18-16/h3-10,16,18H,1-2,11H2. The van der Waals surface area contributed by atoms with Gasteiger partial charge in [-0.15, -0.1) is 0 Å². The molecule has 2 aromatic carbocycles. The molecule has 1 aliphatic rings. The molecule has 0 amide bonds. The van der Waals surface area contributed by atoms with E-state index in [0.717, 1.165) is 11.6 Å². The van der Waals surface area contributed by atoms with Gasteiger partial charge >= 0.3 is 0 Å². The van der Waals surface area contributed by atoms with Crippen LogP contribution in [-0.2, 0) is 0 Å². The summed E-state index contributed by atoms with van der Waals surface area (Å²) in [7, 11) is 0. The molecule has 1 N–H and O–H groups in total. The maximum absolute atomic E-state index is 5.90. The van der Waals surface area contributed by atoms with Gasteiger partial charge in [0.05, 0.1) is 0 Å². The Labute approximate surface area is 113 Å². The highest BCUT2D eigenvalue weighted by atomic mass is 35.5. The van der Waals surface area contributed by atoms with Gasteiger partial charge in [-0.1, -0.05) is 48.0 Å². The van der Waals surface area contributed by atoms with Crippen molar-refractivity contribution < 1.29 is 0 Å². The predicted molar refractivity (Wildman–Crippen MR) is 76.9 cm³/mol. The van der Waals surface area contributed by atoms with Crippen LogP contribution in [0.3, 0.4) is 0 Å². The lowest BCUT2D eigenvalue weighted by Crippen LogP contribution is -2.12. The summed E-state index contributed by atoms with van der Waals surface area (Å²) >= 11 is 5.90. The van der Waals surface area contributed by atoms with Crippen LogP contribution in [0.5, 0.6) is 0 Å². The Kier molecular flexibility index (Phi) is 3.35. The summed E-state index contributed by atoms with van der Waals surface area (Å²) in [6, 6.07) is 17.4. The van der Waals surface area contributed by atoms with Gasteiger partial charge in [-0.25, -0.2) is 0 Å². The van der Waals surface area contributed by atoms with Crippen molar-refractivity contribution in [1.29, 1.82) is 0 Å². The first-order chi connectivity index (χ1) is 8.83. The molecule has 18 heavy (non-hydrogen) atoms. The Bertz CT molecular complexity index is 510. The Morgan fingerprint density at radius 3 is 2.06 bits per heavy atom. The van der Waals surface area contributed by atoms with E-state index in [2.05, 4.69) is 41.7 Å². The monoisotopic (exact) mass is 257 g/mol. The maximum Gasteiger partial charge on any atom is 0.0406 e. The van der Waals surface area contributed by atoms with E-state index >= 15 is 0 Å². The molecule has 1 aliphatic heterocycles. The number of nitrogens with one attached hydrogen (secondary N) is 1. The van der Waals surface area contributed by atoms with Crippen molar-refractivity contribution in [3.05, 3.63) is 59.1 Å². The van der Waals surface area contributed by atoms with Gasteiger partial charge in [0.25, 0.3) is 0 Å². The van der Waals surface area contributed by atoms with Crippen LogP contribution in [0.1, 0.15) is 24.4 Å². The molecule has 0 saturated carbocycles. The second-order valence-electron chi connectivity index (χ2n) is 4.78. The fourth-order valence-electron chi connectivity index (χ4n) is 2.52. The number of benzene rings is 2. The van der Waals surface area contributed by atoms with E-state index in [-0.39, 0.29) is 0 Å². The Balaban J connectivity index is 1.84. The molecule has 1 nitrogen and oxygen atoms in total. The minimum Gasteiger partial charge on any atom is -0.310 e. The molecule has 0 radical (unpaired) electrons. The van der Waals surface area contributed by atoms with Gasteiger partial charge in [-0.05, 0) is 48.2 Å². The van der Waals surface area contributed by atoms with Gasteiger partial charge in [-0.2, -0.15) is 0 Å². The highest BCUT2D eigenvalue weighted by molar-refractivity contribution is 6.30. The van der Waals surface area contributed by atoms with E-state index in [1.807, 2.05) is 12.1 Å². The molecule has 0 aromatic heterocycles. The minimum absolute atomic E-state index is 0.546. The third-order valence-electron chi connectivity index (χ3n) is 3.55. The number of hydrogen-bond donors (Lipinski definition) is 1. The number of hydrogen-bond acceptors (Lipinski definition) is 1. The van der Waals surface area contributed by atoms with Crippen LogP contribution < -0.4 is 5.32 Å². The summed E-state index contributed by atoms with van der Waals surface area (Å²) < 4.78 is 0. The van der Waals surface area contributed by atoms with Gasteiger partial charge in [0.15, 0.2) is 0 Å². The van der Waals surface area contributed by atoms with Crippen molar-refractivity contribution in [3.8, 4) is 11.1 Å². The van der Waals surface area contributed by atoms with Crippen LogP contribution in [0, 0.1) is 0 Å². The average Bonchev–Trinajstić information content (AvgIpc) is 2.94. The van der Waals surface area contributed by atoms with Crippen LogP contribution in [0.25, 0.3) is 11.1 Å². The van der Waals surface area contributed by atoms with Crippen molar-refractivity contribution in [1.82, 2.24) is 5.32 Å². The summed E-state index contributed by atoms with van der Waals surface area (Å²) in [5, 5.41) is 4.31. The zero-order chi connectivity index (χ0) is 12.4. The number of rotatable bonds is 2. The first-order valence-corrected chi connectivity index (χ1v) is 6.80. The van der Waals surface area contributed by atoms with Crippen molar-refractivity contribution >= 4 is 11.6 Å². The Morgan fingerprint density at radius 1 is 0.889 bits per heavy atom. The second kappa shape index (κ2) is 5.13. The summed E-state index contributed by atoms with van der Waals surface area (Å²) in [6.07, 6.45) is 2.53. The molecule has 1 unspecified atom stereocenters. The lowest BCUT2D eigenvalue weighted by atomic mass is 10.00. The van der Waals surface area contributed by atoms with Crippen molar-refractivity contribution in [2.75, 3.05) is 6.54 Å². The van der Waals surface area contributed by atoms with Crippen LogP contribution in [0.15, 0.2) is 48.5 Å². The smallest absolute Gasteiger partial charge is 0.0406 e. The molecule has 2 aromatic rings. The average molecular weight is 258 g/mol. The fourth-order valence-corrected chi connectivity index (χ4v) is 2.65. The van der Waals surface area contributed by atoms with Crippen LogP contribution in [-0.4, -0.2) is 6.54 Å². The van der Waals surface area contributed by atoms with E-state index in [4.69, 9.17) is 11.6 Å². The molecular formula is C16H16ClN. The summed E-state index contributed by atoms with van der Waals surface area (Å²) in [4.78, 5) is 0. The van der Waals surface area contributed by atoms with Gasteiger partial charge in [0, 0.05) is 11.1 Å². The second-order valence-corrected chi connectivity index (χ2v) is 5.21. The summed E-state index contributed by atoms with van der Waals surface area (Å²) in [6.45, 7) is 1.14. The normalized spacial score (nSPS) is 19.1. The van der Waals surface area contributed by atoms with Crippen LogP contribution in [0.4, 0.5) is 0 Å². The van der Waals surface area contributed by atoms with Gasteiger partial charge in [0.1, 0.15) is 0 Å². The van der Waals surface area contributed by atoms with Gasteiger partial charge < -0.3 is 5.32 Å². The van der Waals surface area contributed by atoms with Crippen molar-refractivity contribution in [2.24, 2.45) is 0 Å². The van der Waals surface area contributed by atoms with E-state index in [1.54, 1.807) is 0 Å². The molecule has 1 saturated heterocycles. The largest absolute Gasteiger partial charge is 0.310 e. The molecule has 1 heterocycles. The summed E-state index contributed by atoms with van der Waals surface area (Å²) in [5.41, 5.74) is 3.85. The number of halogens is 1. The minimum atomic E-state index is 0.546. The lowest BCUT2D eigenvalue weighted by Gasteiger charge is -2.11. The van der Waals surface area contributed by atoms with Crippen LogP contribution >= 0.6 is 11.6 Å². The Morgan fingerprint density at radius 2 is 1.50 bits per heavy atom. The third-order valence-corrected chi connectivity index (χ3v) is 3.80. The maximum atomic E-state index is 5.90. The molecule has 92 valence electrons. The van der Waals surface area contributed by atoms with E-state index < -0.39 is 0 Å². The molecule has 0 spiro atoms. The topological polar surface area (TPSA) is 12.0 Å². The third kappa shape index (κ3) is 2.43. The molecule has 0 bridgehead atoms. The van der Waals surface area contributed by atoms with Crippen molar-refractivity contribution in [3.63, 3.8) is 0 Å². The molecule has 1 atom stereocenters. The van der Waals surface area contributed by atoms with Crippen LogP contribution in [0.2, 0.25) is 5.02 Å². The molecule has 3 rings (SSSR count). The van der Waals surface area contributed by atoms with Gasteiger partial charge in [0.2, 0.25) is 0 Å². The molecule has 0 aliphatic carbocycles. The lowest BCUT2D eigenvalue weighted by molar-refractivity contribution is 0.648. The predicted octanol–water partition coefficient (Wildman–Crippen LogP) is 4.43. The zero-order valence-corrected chi connectivity index (χ0v) is 11.0. The fraction of sp³-hybridized carbons (Fsp3) is 0.250. The SMILES string of the molecule is Clc1ccc(-c2ccc(C3CCCN3)cc2)cc1.